The minimum atomic E-state index is -0.822. The van der Waals surface area contributed by atoms with E-state index in [1.54, 1.807) is 60.7 Å². The van der Waals surface area contributed by atoms with Gasteiger partial charge >= 0.3 is 23.9 Å². The van der Waals surface area contributed by atoms with Crippen LogP contribution in [0.2, 0.25) is 0 Å². The van der Waals surface area contributed by atoms with E-state index in [0.717, 1.165) is 24.3 Å². The fraction of sp³-hybridized carbons (Fsp3) is 0. The molecule has 42 heavy (non-hydrogen) atoms. The van der Waals surface area contributed by atoms with Crippen molar-refractivity contribution in [2.75, 3.05) is 0 Å². The molecular formula is C34H22O8. The lowest BCUT2D eigenvalue weighted by Gasteiger charge is -2.12. The van der Waals surface area contributed by atoms with Gasteiger partial charge in [0.25, 0.3) is 0 Å². The summed E-state index contributed by atoms with van der Waals surface area (Å²) in [5.41, 5.74) is 1.51. The van der Waals surface area contributed by atoms with Crippen molar-refractivity contribution in [2.45, 2.75) is 0 Å². The molecule has 0 aliphatic carbocycles. The molecular weight excluding hydrogens is 536 g/mol. The summed E-state index contributed by atoms with van der Waals surface area (Å²) in [6.45, 7) is 13.5. The minimum Gasteiger partial charge on any atom is -0.423 e. The zero-order valence-electron chi connectivity index (χ0n) is 22.2. The van der Waals surface area contributed by atoms with Crippen LogP contribution < -0.4 is 18.9 Å². The quantitative estimate of drug-likeness (QED) is 0.167. The Kier molecular flexibility index (Phi) is 10.5. The zero-order valence-corrected chi connectivity index (χ0v) is 22.2. The first-order chi connectivity index (χ1) is 20.3. The Balaban J connectivity index is 2.04. The van der Waals surface area contributed by atoms with Gasteiger partial charge < -0.3 is 18.9 Å². The lowest BCUT2D eigenvalue weighted by Crippen LogP contribution is -2.11. The molecule has 3 rings (SSSR count). The number of ether oxygens (including phenoxy) is 4. The first kappa shape index (κ1) is 30.2. The van der Waals surface area contributed by atoms with E-state index in [1.165, 1.54) is 0 Å². The molecule has 0 aliphatic heterocycles. The Hall–Kier alpha value is -6.38. The second kappa shape index (κ2) is 14.7. The summed E-state index contributed by atoms with van der Waals surface area (Å²) >= 11 is 0. The highest BCUT2D eigenvalue weighted by atomic mass is 16.6. The number of benzene rings is 3. The van der Waals surface area contributed by atoms with E-state index in [1.807, 2.05) is 0 Å². The molecule has 8 nitrogen and oxygen atoms in total. The van der Waals surface area contributed by atoms with Crippen molar-refractivity contribution < 1.29 is 38.1 Å². The molecule has 206 valence electrons. The standard InChI is InChI=1S/C34H22O8/c1-5-29(35)39-27-19-11-23(12-20-27)9-15-25-17-18-26(34(42-32(38)8-4)33(25)41-31(37)7-3)16-10-24-13-21-28(22-14-24)40-30(36)6-2/h5-8,11-14,17-22H,1-4H2. The van der Waals surface area contributed by atoms with Crippen LogP contribution in [0.3, 0.4) is 0 Å². The van der Waals surface area contributed by atoms with E-state index in [9.17, 15) is 19.2 Å². The summed E-state index contributed by atoms with van der Waals surface area (Å²) in [6, 6.07) is 15.8. The summed E-state index contributed by atoms with van der Waals surface area (Å²) < 4.78 is 21.0. The molecule has 3 aromatic rings. The highest BCUT2D eigenvalue weighted by Crippen LogP contribution is 2.35. The van der Waals surface area contributed by atoms with E-state index in [2.05, 4.69) is 50.0 Å². The molecule has 0 amide bonds. The Bertz CT molecular complexity index is 1580. The van der Waals surface area contributed by atoms with Gasteiger partial charge in [0.05, 0.1) is 11.1 Å². The van der Waals surface area contributed by atoms with E-state index in [-0.39, 0.29) is 22.6 Å². The largest absolute Gasteiger partial charge is 0.423 e. The van der Waals surface area contributed by atoms with E-state index < -0.39 is 23.9 Å². The third kappa shape index (κ3) is 8.57. The molecule has 0 atom stereocenters. The number of carbonyl (C=O) groups excluding carboxylic acids is 4. The van der Waals surface area contributed by atoms with E-state index in [4.69, 9.17) is 18.9 Å². The van der Waals surface area contributed by atoms with Crippen LogP contribution in [-0.2, 0) is 19.2 Å². The molecule has 0 spiro atoms. The van der Waals surface area contributed by atoms with Gasteiger partial charge in [0.15, 0.2) is 11.5 Å². The maximum Gasteiger partial charge on any atom is 0.335 e. The monoisotopic (exact) mass is 558 g/mol. The molecule has 0 radical (unpaired) electrons. The van der Waals surface area contributed by atoms with Crippen molar-refractivity contribution in [1.82, 2.24) is 0 Å². The van der Waals surface area contributed by atoms with Crippen molar-refractivity contribution in [3.63, 3.8) is 0 Å². The van der Waals surface area contributed by atoms with Crippen molar-refractivity contribution in [2.24, 2.45) is 0 Å². The van der Waals surface area contributed by atoms with Crippen LogP contribution in [0.4, 0.5) is 0 Å². The van der Waals surface area contributed by atoms with Gasteiger partial charge in [-0.25, -0.2) is 19.2 Å². The lowest BCUT2D eigenvalue weighted by molar-refractivity contribution is -0.131. The Morgan fingerprint density at radius 1 is 0.452 bits per heavy atom. The molecule has 3 aromatic carbocycles. The predicted octanol–water partition coefficient (Wildman–Crippen LogP) is 4.85. The molecule has 0 saturated heterocycles. The van der Waals surface area contributed by atoms with Gasteiger partial charge in [-0.05, 0) is 60.7 Å². The van der Waals surface area contributed by atoms with Gasteiger partial charge in [0, 0.05) is 35.4 Å². The lowest BCUT2D eigenvalue weighted by atomic mass is 10.1. The van der Waals surface area contributed by atoms with Gasteiger partial charge in [-0.2, -0.15) is 0 Å². The van der Waals surface area contributed by atoms with Crippen molar-refractivity contribution >= 4 is 23.9 Å². The SMILES string of the molecule is C=CC(=O)Oc1ccc(C#Cc2ccc(C#Cc3ccc(OC(=O)C=C)cc3)c(OC(=O)C=C)c2OC(=O)C=C)cc1. The van der Waals surface area contributed by atoms with E-state index >= 15 is 0 Å². The number of rotatable bonds is 8. The van der Waals surface area contributed by atoms with E-state index in [0.29, 0.717) is 22.6 Å². The van der Waals surface area contributed by atoms with Crippen LogP contribution in [-0.4, -0.2) is 23.9 Å². The van der Waals surface area contributed by atoms with Crippen LogP contribution >= 0.6 is 0 Å². The third-order valence-corrected chi connectivity index (χ3v) is 5.01. The fourth-order valence-corrected chi connectivity index (χ4v) is 3.05. The van der Waals surface area contributed by atoms with Crippen LogP contribution in [0.15, 0.2) is 111 Å². The second-order valence-corrected chi connectivity index (χ2v) is 7.87. The van der Waals surface area contributed by atoms with Crippen LogP contribution in [0.5, 0.6) is 23.0 Å². The van der Waals surface area contributed by atoms with Crippen molar-refractivity contribution in [3.8, 4) is 46.7 Å². The first-order valence-electron chi connectivity index (χ1n) is 12.0. The molecule has 0 bridgehead atoms. The smallest absolute Gasteiger partial charge is 0.335 e. The average Bonchev–Trinajstić information content (AvgIpc) is 3.01. The molecule has 0 saturated carbocycles. The van der Waals surface area contributed by atoms with Gasteiger partial charge in [-0.15, -0.1) is 0 Å². The number of esters is 4. The van der Waals surface area contributed by atoms with Gasteiger partial charge in [0.2, 0.25) is 0 Å². The Labute approximate surface area is 242 Å². The number of carbonyl (C=O) groups is 4. The van der Waals surface area contributed by atoms with Gasteiger partial charge in [-0.3, -0.25) is 0 Å². The second-order valence-electron chi connectivity index (χ2n) is 7.87. The summed E-state index contributed by atoms with van der Waals surface area (Å²) in [4.78, 5) is 47.2. The Morgan fingerprint density at radius 3 is 1.07 bits per heavy atom. The maximum atomic E-state index is 12.2. The van der Waals surface area contributed by atoms with Crippen molar-refractivity contribution in [3.05, 3.63) is 134 Å². The predicted molar refractivity (Wildman–Crippen MR) is 155 cm³/mol. The highest BCUT2D eigenvalue weighted by molar-refractivity contribution is 5.88. The van der Waals surface area contributed by atoms with Gasteiger partial charge in [-0.1, -0.05) is 50.0 Å². The molecule has 0 aromatic heterocycles. The van der Waals surface area contributed by atoms with Crippen LogP contribution in [0.25, 0.3) is 0 Å². The van der Waals surface area contributed by atoms with Crippen LogP contribution in [0, 0.1) is 23.7 Å². The zero-order chi connectivity index (χ0) is 30.5. The summed E-state index contributed by atoms with van der Waals surface area (Å²) in [5, 5.41) is 0. The normalized spacial score (nSPS) is 9.33. The molecule has 0 N–H and O–H groups in total. The molecule has 0 unspecified atom stereocenters. The number of hydrogen-bond acceptors (Lipinski definition) is 8. The highest BCUT2D eigenvalue weighted by Gasteiger charge is 2.19. The molecule has 0 aliphatic rings. The topological polar surface area (TPSA) is 105 Å². The summed E-state index contributed by atoms with van der Waals surface area (Å²) in [5.74, 6) is 9.07. The first-order valence-corrected chi connectivity index (χ1v) is 12.0. The molecule has 8 heteroatoms. The average molecular weight is 559 g/mol. The molecule has 0 heterocycles. The Morgan fingerprint density at radius 2 is 0.762 bits per heavy atom. The summed E-state index contributed by atoms with van der Waals surface area (Å²) in [7, 11) is 0. The minimum absolute atomic E-state index is 0.155. The van der Waals surface area contributed by atoms with Crippen LogP contribution in [0.1, 0.15) is 22.3 Å². The summed E-state index contributed by atoms with van der Waals surface area (Å²) in [6.07, 6.45) is 3.98. The number of hydrogen-bond donors (Lipinski definition) is 0. The third-order valence-electron chi connectivity index (χ3n) is 5.01. The van der Waals surface area contributed by atoms with Crippen molar-refractivity contribution in [1.29, 1.82) is 0 Å². The molecule has 0 fully saturated rings. The van der Waals surface area contributed by atoms with Gasteiger partial charge in [0.1, 0.15) is 11.5 Å². The fourth-order valence-electron chi connectivity index (χ4n) is 3.05. The maximum absolute atomic E-state index is 12.2.